The molecule has 20 heavy (non-hydrogen) atoms. The molecule has 0 fully saturated rings. The van der Waals surface area contributed by atoms with Crippen LogP contribution in [0.4, 0.5) is 13.2 Å². The van der Waals surface area contributed by atoms with Gasteiger partial charge in [0, 0.05) is 13.5 Å². The molecule has 0 aliphatic carbocycles. The summed E-state index contributed by atoms with van der Waals surface area (Å²) in [5.74, 6) is -1.32. The molecule has 110 valence electrons. The van der Waals surface area contributed by atoms with Crippen LogP contribution >= 0.6 is 0 Å². The number of hydrogen-bond donors (Lipinski definition) is 2. The van der Waals surface area contributed by atoms with Crippen LogP contribution in [0.5, 0.6) is 0 Å². The van der Waals surface area contributed by atoms with Gasteiger partial charge in [-0.2, -0.15) is 13.2 Å². The van der Waals surface area contributed by atoms with E-state index >= 15 is 0 Å². The van der Waals surface area contributed by atoms with Crippen LogP contribution in [0.25, 0.3) is 0 Å². The summed E-state index contributed by atoms with van der Waals surface area (Å²) in [6.07, 6.45) is -5.03. The number of benzene rings is 1. The molecular formula is C13H14F3NO3. The summed E-state index contributed by atoms with van der Waals surface area (Å²) < 4.78 is 37.4. The lowest BCUT2D eigenvalue weighted by molar-refractivity contribution is -0.145. The van der Waals surface area contributed by atoms with E-state index in [4.69, 9.17) is 0 Å². The number of nitrogens with one attached hydrogen (secondary N) is 1. The van der Waals surface area contributed by atoms with Gasteiger partial charge >= 0.3 is 6.18 Å². The van der Waals surface area contributed by atoms with Crippen LogP contribution in [-0.4, -0.2) is 23.8 Å². The maximum Gasteiger partial charge on any atom is 0.416 e. The molecule has 1 rings (SSSR count). The Balaban J connectivity index is 3.22. The first-order valence-corrected chi connectivity index (χ1v) is 5.73. The van der Waals surface area contributed by atoms with E-state index in [1.165, 1.54) is 14.0 Å². The Morgan fingerprint density at radius 1 is 1.15 bits per heavy atom. The quantitative estimate of drug-likeness (QED) is 0.885. The standard InChI is InChI=1S/C13H14F3NO3/c1-8(18)7-12(20,11(19)17-2)9-3-5-10(6-4-9)13(14,15)16/h3-6,20H,7H2,1-2H3,(H,17,19). The van der Waals surface area contributed by atoms with Gasteiger partial charge in [0.2, 0.25) is 0 Å². The van der Waals surface area contributed by atoms with Crippen molar-refractivity contribution < 1.29 is 27.9 Å². The predicted molar refractivity (Wildman–Crippen MR) is 64.7 cm³/mol. The molecule has 1 atom stereocenters. The van der Waals surface area contributed by atoms with Gasteiger partial charge in [0.05, 0.1) is 5.56 Å². The molecule has 0 bridgehead atoms. The monoisotopic (exact) mass is 289 g/mol. The number of carbonyl (C=O) groups excluding carboxylic acids is 2. The summed E-state index contributed by atoms with van der Waals surface area (Å²) >= 11 is 0. The number of halogens is 3. The van der Waals surface area contributed by atoms with Crippen molar-refractivity contribution in [2.45, 2.75) is 25.1 Å². The van der Waals surface area contributed by atoms with E-state index < -0.39 is 35.5 Å². The van der Waals surface area contributed by atoms with Gasteiger partial charge in [-0.25, -0.2) is 0 Å². The first-order chi connectivity index (χ1) is 9.11. The summed E-state index contributed by atoms with van der Waals surface area (Å²) in [4.78, 5) is 22.9. The Kier molecular flexibility index (Phi) is 4.54. The van der Waals surface area contributed by atoms with Gasteiger partial charge in [-0.3, -0.25) is 9.59 Å². The van der Waals surface area contributed by atoms with Crippen molar-refractivity contribution in [3.8, 4) is 0 Å². The maximum absolute atomic E-state index is 12.5. The zero-order valence-electron chi connectivity index (χ0n) is 10.9. The number of carbonyl (C=O) groups is 2. The van der Waals surface area contributed by atoms with E-state index in [0.717, 1.165) is 24.3 Å². The molecule has 1 aromatic carbocycles. The fraction of sp³-hybridized carbons (Fsp3) is 0.385. The summed E-state index contributed by atoms with van der Waals surface area (Å²) in [5, 5.41) is 12.5. The normalized spacial score (nSPS) is 14.5. The second kappa shape index (κ2) is 5.62. The van der Waals surface area contributed by atoms with Gasteiger partial charge in [0.1, 0.15) is 5.78 Å². The molecule has 4 nitrogen and oxygen atoms in total. The van der Waals surface area contributed by atoms with Crippen LogP contribution in [-0.2, 0) is 21.4 Å². The minimum Gasteiger partial charge on any atom is -0.375 e. The molecule has 0 aliphatic rings. The molecule has 2 N–H and O–H groups in total. The van der Waals surface area contributed by atoms with Crippen LogP contribution in [0.1, 0.15) is 24.5 Å². The zero-order valence-corrected chi connectivity index (χ0v) is 10.9. The maximum atomic E-state index is 12.5. The number of hydrogen-bond acceptors (Lipinski definition) is 3. The Bertz CT molecular complexity index is 511. The molecule has 0 saturated carbocycles. The predicted octanol–water partition coefficient (Wildman–Crippen LogP) is 1.62. The summed E-state index contributed by atoms with van der Waals surface area (Å²) in [6.45, 7) is 1.18. The lowest BCUT2D eigenvalue weighted by Crippen LogP contribution is -2.44. The fourth-order valence-corrected chi connectivity index (χ4v) is 1.82. The molecule has 0 heterocycles. The number of aliphatic hydroxyl groups is 1. The van der Waals surface area contributed by atoms with Gasteiger partial charge in [0.15, 0.2) is 5.60 Å². The van der Waals surface area contributed by atoms with E-state index in [0.29, 0.717) is 0 Å². The number of likely N-dealkylation sites (N-methyl/N-ethyl adjacent to an activating group) is 1. The van der Waals surface area contributed by atoms with E-state index in [1.807, 2.05) is 0 Å². The second-order valence-electron chi connectivity index (χ2n) is 4.39. The molecule has 0 spiro atoms. The minimum atomic E-state index is -4.51. The highest BCUT2D eigenvalue weighted by Crippen LogP contribution is 2.32. The topological polar surface area (TPSA) is 66.4 Å². The Hall–Kier alpha value is -1.89. The number of rotatable bonds is 4. The third-order valence-electron chi connectivity index (χ3n) is 2.80. The number of ketones is 1. The Morgan fingerprint density at radius 2 is 1.60 bits per heavy atom. The largest absolute Gasteiger partial charge is 0.416 e. The van der Waals surface area contributed by atoms with Crippen molar-refractivity contribution in [1.29, 1.82) is 0 Å². The summed E-state index contributed by atoms with van der Waals surface area (Å²) in [6, 6.07) is 3.48. The summed E-state index contributed by atoms with van der Waals surface area (Å²) in [5.41, 5.74) is -3.14. The highest BCUT2D eigenvalue weighted by molar-refractivity contribution is 5.91. The van der Waals surface area contributed by atoms with Gasteiger partial charge in [-0.15, -0.1) is 0 Å². The second-order valence-corrected chi connectivity index (χ2v) is 4.39. The van der Waals surface area contributed by atoms with E-state index in [9.17, 15) is 27.9 Å². The first-order valence-electron chi connectivity index (χ1n) is 5.73. The van der Waals surface area contributed by atoms with Crippen LogP contribution in [0.3, 0.4) is 0 Å². The molecule has 0 aliphatic heterocycles. The van der Waals surface area contributed by atoms with Gasteiger partial charge in [-0.05, 0) is 24.6 Å². The smallest absolute Gasteiger partial charge is 0.375 e. The molecule has 1 amide bonds. The molecule has 1 unspecified atom stereocenters. The van der Waals surface area contributed by atoms with Crippen LogP contribution in [0.2, 0.25) is 0 Å². The van der Waals surface area contributed by atoms with Crippen molar-refractivity contribution in [3.05, 3.63) is 35.4 Å². The van der Waals surface area contributed by atoms with Crippen molar-refractivity contribution in [3.63, 3.8) is 0 Å². The summed E-state index contributed by atoms with van der Waals surface area (Å²) in [7, 11) is 1.26. The molecule has 7 heteroatoms. The Labute approximate surface area is 113 Å². The Morgan fingerprint density at radius 3 is 1.95 bits per heavy atom. The molecule has 0 aromatic heterocycles. The highest BCUT2D eigenvalue weighted by Gasteiger charge is 2.39. The molecule has 0 radical (unpaired) electrons. The van der Waals surface area contributed by atoms with E-state index in [1.54, 1.807) is 0 Å². The third-order valence-corrected chi connectivity index (χ3v) is 2.80. The van der Waals surface area contributed by atoms with Crippen molar-refractivity contribution in [1.82, 2.24) is 5.32 Å². The van der Waals surface area contributed by atoms with Crippen molar-refractivity contribution >= 4 is 11.7 Å². The number of amides is 1. The fourth-order valence-electron chi connectivity index (χ4n) is 1.82. The van der Waals surface area contributed by atoms with E-state index in [2.05, 4.69) is 5.32 Å². The van der Waals surface area contributed by atoms with E-state index in [-0.39, 0.29) is 5.56 Å². The average Bonchev–Trinajstić information content (AvgIpc) is 2.36. The van der Waals surface area contributed by atoms with Crippen LogP contribution < -0.4 is 5.32 Å². The molecule has 0 saturated heterocycles. The number of alkyl halides is 3. The zero-order chi connectivity index (χ0) is 15.6. The lowest BCUT2D eigenvalue weighted by Gasteiger charge is -2.26. The number of Topliss-reactive ketones (excluding diaryl/α,β-unsaturated/α-hetero) is 1. The first kappa shape index (κ1) is 16.2. The lowest BCUT2D eigenvalue weighted by atomic mass is 9.87. The van der Waals surface area contributed by atoms with Crippen molar-refractivity contribution in [2.75, 3.05) is 7.05 Å². The minimum absolute atomic E-state index is 0.0694. The highest BCUT2D eigenvalue weighted by atomic mass is 19.4. The third kappa shape index (κ3) is 3.36. The molecular weight excluding hydrogens is 275 g/mol. The van der Waals surface area contributed by atoms with Crippen LogP contribution in [0.15, 0.2) is 24.3 Å². The molecule has 1 aromatic rings. The SMILES string of the molecule is CNC(=O)C(O)(CC(C)=O)c1ccc(C(F)(F)F)cc1. The van der Waals surface area contributed by atoms with Gasteiger partial charge in [0.25, 0.3) is 5.91 Å². The van der Waals surface area contributed by atoms with Gasteiger partial charge in [-0.1, -0.05) is 12.1 Å². The van der Waals surface area contributed by atoms with Gasteiger partial charge < -0.3 is 10.4 Å². The van der Waals surface area contributed by atoms with Crippen LogP contribution in [0, 0.1) is 0 Å². The van der Waals surface area contributed by atoms with Crippen molar-refractivity contribution in [2.24, 2.45) is 0 Å². The average molecular weight is 289 g/mol.